The molecule has 0 aliphatic heterocycles. The Bertz CT molecular complexity index is 1130. The third-order valence-corrected chi connectivity index (χ3v) is 5.46. The highest BCUT2D eigenvalue weighted by Crippen LogP contribution is 2.34. The van der Waals surface area contributed by atoms with E-state index in [-0.39, 0.29) is 6.61 Å². The molecule has 0 radical (unpaired) electrons. The van der Waals surface area contributed by atoms with Crippen LogP contribution in [0.3, 0.4) is 0 Å². The first-order valence-electron chi connectivity index (χ1n) is 9.74. The van der Waals surface area contributed by atoms with Gasteiger partial charge in [-0.1, -0.05) is 43.5 Å². The summed E-state index contributed by atoms with van der Waals surface area (Å²) in [5.74, 6) is 1.28. The van der Waals surface area contributed by atoms with E-state index >= 15 is 0 Å². The molecule has 6 heteroatoms. The molecule has 3 heterocycles. The number of ether oxygens (including phenoxy) is 1. The van der Waals surface area contributed by atoms with Gasteiger partial charge in [0.15, 0.2) is 11.5 Å². The molecule has 3 aromatic heterocycles. The molecule has 5 rings (SSSR count). The van der Waals surface area contributed by atoms with Crippen LogP contribution in [0.15, 0.2) is 54.7 Å². The Morgan fingerprint density at radius 3 is 2.75 bits per heavy atom. The predicted octanol–water partition coefficient (Wildman–Crippen LogP) is 5.00. The minimum absolute atomic E-state index is 0.0753. The smallest absolute Gasteiger partial charge is 0.187 e. The van der Waals surface area contributed by atoms with Gasteiger partial charge in [-0.3, -0.25) is 4.40 Å². The first kappa shape index (κ1) is 17.1. The molecule has 0 unspecified atom stereocenters. The molecule has 0 atom stereocenters. The van der Waals surface area contributed by atoms with Gasteiger partial charge in [-0.05, 0) is 37.1 Å². The second-order valence-electron chi connectivity index (χ2n) is 7.48. The Balaban J connectivity index is 1.51. The van der Waals surface area contributed by atoms with Crippen LogP contribution in [0.2, 0.25) is 0 Å². The lowest BCUT2D eigenvalue weighted by molar-refractivity contribution is 0.0481. The molecule has 0 bridgehead atoms. The molecule has 4 aromatic rings. The number of nitrogens with zero attached hydrogens (tertiary/aromatic N) is 4. The van der Waals surface area contributed by atoms with Crippen LogP contribution in [0.5, 0.6) is 5.75 Å². The fraction of sp³-hybridized carbons (Fsp3) is 0.318. The summed E-state index contributed by atoms with van der Waals surface area (Å²) in [6, 6.07) is 15.4. The molecule has 1 saturated carbocycles. The molecule has 5 nitrogen and oxygen atoms in total. The van der Waals surface area contributed by atoms with Crippen molar-refractivity contribution in [3.05, 3.63) is 54.7 Å². The van der Waals surface area contributed by atoms with E-state index in [1.165, 1.54) is 0 Å². The minimum Gasteiger partial charge on any atom is -0.488 e. The summed E-state index contributed by atoms with van der Waals surface area (Å²) in [5, 5.41) is 9.43. The molecule has 0 N–H and O–H groups in total. The van der Waals surface area contributed by atoms with E-state index in [1.54, 1.807) is 0 Å². The number of benzene rings is 1. The van der Waals surface area contributed by atoms with E-state index < -0.39 is 5.67 Å². The van der Waals surface area contributed by atoms with Crippen LogP contribution >= 0.6 is 0 Å². The van der Waals surface area contributed by atoms with Crippen LogP contribution in [0.25, 0.3) is 28.1 Å². The lowest BCUT2D eigenvalue weighted by atomic mass is 9.87. The Labute approximate surface area is 162 Å². The monoisotopic (exact) mass is 376 g/mol. The van der Waals surface area contributed by atoms with Gasteiger partial charge < -0.3 is 4.74 Å². The summed E-state index contributed by atoms with van der Waals surface area (Å²) in [6.07, 6.45) is 6.02. The van der Waals surface area contributed by atoms with Gasteiger partial charge >= 0.3 is 0 Å². The average molecular weight is 376 g/mol. The molecular formula is C22H21FN4O. The number of alkyl halides is 1. The molecule has 28 heavy (non-hydrogen) atoms. The quantitative estimate of drug-likeness (QED) is 0.503. The second-order valence-corrected chi connectivity index (χ2v) is 7.48. The number of aromatic nitrogens is 4. The van der Waals surface area contributed by atoms with Crippen molar-refractivity contribution < 1.29 is 9.13 Å². The maximum absolute atomic E-state index is 15.0. The SMILES string of the molecule is FC1(COc2cccc3ccc(-c4nnc5ccccn45)nc23)CCCCC1. The maximum Gasteiger partial charge on any atom is 0.187 e. The standard InChI is InChI=1S/C22H21FN4O/c23-22(12-3-1-4-13-22)15-28-18-8-6-7-16-10-11-17(24-20(16)18)21-26-25-19-9-2-5-14-27(19)21/h2,5-11,14H,1,3-4,12-13,15H2. The molecule has 1 aliphatic carbocycles. The van der Waals surface area contributed by atoms with Crippen LogP contribution in [-0.4, -0.2) is 31.9 Å². The Kier molecular flexibility index (Phi) is 4.19. The first-order chi connectivity index (χ1) is 13.7. The van der Waals surface area contributed by atoms with E-state index in [4.69, 9.17) is 9.72 Å². The Morgan fingerprint density at radius 2 is 1.86 bits per heavy atom. The summed E-state index contributed by atoms with van der Waals surface area (Å²) >= 11 is 0. The number of pyridine rings is 2. The number of hydrogen-bond acceptors (Lipinski definition) is 4. The van der Waals surface area contributed by atoms with Crippen molar-refractivity contribution in [3.63, 3.8) is 0 Å². The van der Waals surface area contributed by atoms with Crippen molar-refractivity contribution in [2.45, 2.75) is 37.8 Å². The summed E-state index contributed by atoms with van der Waals surface area (Å²) in [5.41, 5.74) is 0.948. The van der Waals surface area contributed by atoms with Crippen LogP contribution in [-0.2, 0) is 0 Å². The van der Waals surface area contributed by atoms with Crippen molar-refractivity contribution in [2.75, 3.05) is 6.61 Å². The number of rotatable bonds is 4. The molecule has 1 fully saturated rings. The third kappa shape index (κ3) is 3.09. The minimum atomic E-state index is -1.23. The van der Waals surface area contributed by atoms with E-state index in [0.717, 1.165) is 30.3 Å². The van der Waals surface area contributed by atoms with Crippen LogP contribution in [0.4, 0.5) is 4.39 Å². The second kappa shape index (κ2) is 6.86. The highest BCUT2D eigenvalue weighted by atomic mass is 19.1. The largest absolute Gasteiger partial charge is 0.488 e. The van der Waals surface area contributed by atoms with Crippen molar-refractivity contribution in [2.24, 2.45) is 0 Å². The number of hydrogen-bond donors (Lipinski definition) is 0. The summed E-state index contributed by atoms with van der Waals surface area (Å²) in [6.45, 7) is 0.0753. The van der Waals surface area contributed by atoms with E-state index in [1.807, 2.05) is 59.1 Å². The van der Waals surface area contributed by atoms with Crippen molar-refractivity contribution in [1.29, 1.82) is 0 Å². The zero-order valence-electron chi connectivity index (χ0n) is 15.5. The maximum atomic E-state index is 15.0. The highest BCUT2D eigenvalue weighted by molar-refractivity contribution is 5.86. The van der Waals surface area contributed by atoms with Crippen molar-refractivity contribution in [1.82, 2.24) is 19.6 Å². The molecule has 0 amide bonds. The van der Waals surface area contributed by atoms with Gasteiger partial charge in [0.1, 0.15) is 29.2 Å². The van der Waals surface area contributed by atoms with Gasteiger partial charge in [-0.2, -0.15) is 0 Å². The molecule has 0 spiro atoms. The third-order valence-electron chi connectivity index (χ3n) is 5.46. The van der Waals surface area contributed by atoms with E-state index in [0.29, 0.717) is 35.6 Å². The summed E-state index contributed by atoms with van der Waals surface area (Å²) in [7, 11) is 0. The Morgan fingerprint density at radius 1 is 0.964 bits per heavy atom. The van der Waals surface area contributed by atoms with Gasteiger partial charge in [0.25, 0.3) is 0 Å². The molecule has 142 valence electrons. The molecule has 1 aromatic carbocycles. The van der Waals surface area contributed by atoms with Crippen LogP contribution in [0, 0.1) is 0 Å². The number of para-hydroxylation sites is 1. The normalized spacial score (nSPS) is 16.5. The van der Waals surface area contributed by atoms with Gasteiger partial charge in [-0.15, -0.1) is 10.2 Å². The highest BCUT2D eigenvalue weighted by Gasteiger charge is 2.32. The number of halogens is 1. The van der Waals surface area contributed by atoms with Crippen molar-refractivity contribution in [3.8, 4) is 17.3 Å². The lowest BCUT2D eigenvalue weighted by Crippen LogP contribution is -2.33. The Hall–Kier alpha value is -3.02. The average Bonchev–Trinajstić information content (AvgIpc) is 3.17. The van der Waals surface area contributed by atoms with E-state index in [2.05, 4.69) is 10.2 Å². The topological polar surface area (TPSA) is 52.3 Å². The zero-order chi connectivity index (χ0) is 19.0. The van der Waals surface area contributed by atoms with Gasteiger partial charge in [0, 0.05) is 11.6 Å². The van der Waals surface area contributed by atoms with Crippen LogP contribution < -0.4 is 4.74 Å². The fourth-order valence-electron chi connectivity index (χ4n) is 3.91. The van der Waals surface area contributed by atoms with E-state index in [9.17, 15) is 4.39 Å². The van der Waals surface area contributed by atoms with Crippen molar-refractivity contribution >= 4 is 16.6 Å². The van der Waals surface area contributed by atoms with Crippen LogP contribution in [0.1, 0.15) is 32.1 Å². The van der Waals surface area contributed by atoms with Gasteiger partial charge in [0.2, 0.25) is 0 Å². The lowest BCUT2D eigenvalue weighted by Gasteiger charge is -2.29. The zero-order valence-corrected chi connectivity index (χ0v) is 15.5. The number of fused-ring (bicyclic) bond motifs is 2. The summed E-state index contributed by atoms with van der Waals surface area (Å²) < 4.78 is 22.8. The molecule has 0 saturated heterocycles. The summed E-state index contributed by atoms with van der Waals surface area (Å²) in [4.78, 5) is 4.78. The molecule has 1 aliphatic rings. The predicted molar refractivity (Wildman–Crippen MR) is 106 cm³/mol. The first-order valence-corrected chi connectivity index (χ1v) is 9.74. The van der Waals surface area contributed by atoms with Gasteiger partial charge in [0.05, 0.1) is 0 Å². The van der Waals surface area contributed by atoms with Gasteiger partial charge in [-0.25, -0.2) is 9.37 Å². The fourth-order valence-corrected chi connectivity index (χ4v) is 3.91. The molecular weight excluding hydrogens is 355 g/mol.